The summed E-state index contributed by atoms with van der Waals surface area (Å²) >= 11 is 0. The van der Waals surface area contributed by atoms with Gasteiger partial charge in [-0.1, -0.05) is 0 Å². The number of aromatic nitrogens is 2. The van der Waals surface area contributed by atoms with Crippen LogP contribution in [0.3, 0.4) is 0 Å². The van der Waals surface area contributed by atoms with E-state index < -0.39 is 17.5 Å². The summed E-state index contributed by atoms with van der Waals surface area (Å²) in [6, 6.07) is 0. The molecule has 74 valence electrons. The zero-order chi connectivity index (χ0) is 10.3. The van der Waals surface area contributed by atoms with Gasteiger partial charge < -0.3 is 4.57 Å². The molecule has 1 aromatic rings. The standard InChI is InChI=1S/C8H11F3N2/c1-7(2,3)13-5-4-12-6(13)8(9,10)11/h4-5H,1-3H3. The second-order valence-electron chi connectivity index (χ2n) is 3.79. The molecule has 0 radical (unpaired) electrons. The predicted octanol–water partition coefficient (Wildman–Crippen LogP) is 2.66. The molecule has 1 rings (SSSR count). The number of hydrogen-bond acceptors (Lipinski definition) is 1. The van der Waals surface area contributed by atoms with Gasteiger partial charge in [0.2, 0.25) is 5.82 Å². The van der Waals surface area contributed by atoms with E-state index in [4.69, 9.17) is 0 Å². The number of hydrogen-bond donors (Lipinski definition) is 0. The number of nitrogens with zero attached hydrogens (tertiary/aromatic N) is 2. The average molecular weight is 192 g/mol. The highest BCUT2D eigenvalue weighted by Gasteiger charge is 2.38. The number of alkyl halides is 3. The molecule has 0 aromatic carbocycles. The minimum Gasteiger partial charge on any atom is -0.322 e. The van der Waals surface area contributed by atoms with Gasteiger partial charge in [-0.25, -0.2) is 4.98 Å². The first-order valence-corrected chi connectivity index (χ1v) is 3.84. The Kier molecular flexibility index (Phi) is 2.13. The van der Waals surface area contributed by atoms with Gasteiger partial charge in [0.1, 0.15) is 0 Å². The van der Waals surface area contributed by atoms with Crippen LogP contribution in [0.5, 0.6) is 0 Å². The molecule has 0 N–H and O–H groups in total. The molecule has 0 fully saturated rings. The summed E-state index contributed by atoms with van der Waals surface area (Å²) in [5.41, 5.74) is -0.596. The van der Waals surface area contributed by atoms with Crippen molar-refractivity contribution in [2.75, 3.05) is 0 Å². The Morgan fingerprint density at radius 1 is 1.23 bits per heavy atom. The quantitative estimate of drug-likeness (QED) is 0.617. The van der Waals surface area contributed by atoms with Gasteiger partial charge in [-0.2, -0.15) is 13.2 Å². The molecule has 0 spiro atoms. The zero-order valence-electron chi connectivity index (χ0n) is 7.68. The lowest BCUT2D eigenvalue weighted by Crippen LogP contribution is -2.27. The van der Waals surface area contributed by atoms with Gasteiger partial charge >= 0.3 is 6.18 Å². The van der Waals surface area contributed by atoms with E-state index in [1.54, 1.807) is 20.8 Å². The summed E-state index contributed by atoms with van der Waals surface area (Å²) in [5.74, 6) is -0.847. The molecule has 0 aliphatic heterocycles. The summed E-state index contributed by atoms with van der Waals surface area (Å²) in [4.78, 5) is 3.29. The molecule has 1 aromatic heterocycles. The number of rotatable bonds is 0. The molecule has 5 heteroatoms. The first kappa shape index (κ1) is 10.1. The van der Waals surface area contributed by atoms with Gasteiger partial charge in [0, 0.05) is 17.9 Å². The molecular formula is C8H11F3N2. The smallest absolute Gasteiger partial charge is 0.322 e. The van der Waals surface area contributed by atoms with E-state index >= 15 is 0 Å². The van der Waals surface area contributed by atoms with Crippen LogP contribution >= 0.6 is 0 Å². The van der Waals surface area contributed by atoms with E-state index in [0.29, 0.717) is 0 Å². The molecule has 0 aliphatic carbocycles. The van der Waals surface area contributed by atoms with Crippen molar-refractivity contribution in [1.82, 2.24) is 9.55 Å². The summed E-state index contributed by atoms with van der Waals surface area (Å²) < 4.78 is 38.1. The van der Waals surface area contributed by atoms with Crippen molar-refractivity contribution in [3.8, 4) is 0 Å². The van der Waals surface area contributed by atoms with E-state index in [1.165, 1.54) is 6.20 Å². The predicted molar refractivity (Wildman–Crippen MR) is 42.2 cm³/mol. The normalized spacial score (nSPS) is 13.4. The summed E-state index contributed by atoms with van der Waals surface area (Å²) in [6.45, 7) is 5.10. The Hall–Kier alpha value is -1.00. The lowest BCUT2D eigenvalue weighted by molar-refractivity contribution is -0.148. The summed E-state index contributed by atoms with van der Waals surface area (Å²) in [5, 5.41) is 0. The molecule has 1 heterocycles. The van der Waals surface area contributed by atoms with E-state index in [1.807, 2.05) is 0 Å². The van der Waals surface area contributed by atoms with E-state index in [-0.39, 0.29) is 0 Å². The third-order valence-corrected chi connectivity index (χ3v) is 1.62. The van der Waals surface area contributed by atoms with E-state index in [2.05, 4.69) is 4.98 Å². The van der Waals surface area contributed by atoms with Gasteiger partial charge in [-0.15, -0.1) is 0 Å². The molecule has 2 nitrogen and oxygen atoms in total. The van der Waals surface area contributed by atoms with Crippen LogP contribution < -0.4 is 0 Å². The Bertz CT molecular complexity index is 265. The van der Waals surface area contributed by atoms with Gasteiger partial charge in [0.25, 0.3) is 0 Å². The van der Waals surface area contributed by atoms with Crippen LogP contribution in [0.25, 0.3) is 0 Å². The molecule has 0 bridgehead atoms. The van der Waals surface area contributed by atoms with Crippen LogP contribution in [0.4, 0.5) is 13.2 Å². The van der Waals surface area contributed by atoms with Crippen molar-refractivity contribution < 1.29 is 13.2 Å². The van der Waals surface area contributed by atoms with Crippen molar-refractivity contribution in [2.24, 2.45) is 0 Å². The maximum atomic E-state index is 12.3. The van der Waals surface area contributed by atoms with Crippen molar-refractivity contribution in [3.63, 3.8) is 0 Å². The zero-order valence-corrected chi connectivity index (χ0v) is 7.68. The molecule has 0 aliphatic rings. The Labute approximate surface area is 74.4 Å². The third kappa shape index (κ3) is 2.02. The second kappa shape index (κ2) is 2.75. The lowest BCUT2D eigenvalue weighted by atomic mass is 10.1. The maximum absolute atomic E-state index is 12.3. The van der Waals surface area contributed by atoms with Gasteiger partial charge in [0.15, 0.2) is 0 Å². The largest absolute Gasteiger partial charge is 0.449 e. The Morgan fingerprint density at radius 3 is 2.08 bits per heavy atom. The summed E-state index contributed by atoms with van der Waals surface area (Å²) in [7, 11) is 0. The van der Waals surface area contributed by atoms with Crippen LogP contribution in [-0.4, -0.2) is 9.55 Å². The molecule has 0 saturated carbocycles. The molecule has 0 saturated heterocycles. The second-order valence-corrected chi connectivity index (χ2v) is 3.79. The molecule has 0 atom stereocenters. The van der Waals surface area contributed by atoms with Crippen LogP contribution in [0.2, 0.25) is 0 Å². The minimum absolute atomic E-state index is 0.596. The van der Waals surface area contributed by atoms with Crippen molar-refractivity contribution in [1.29, 1.82) is 0 Å². The average Bonchev–Trinajstić information content (AvgIpc) is 2.27. The minimum atomic E-state index is -4.38. The van der Waals surface area contributed by atoms with E-state index in [0.717, 1.165) is 10.8 Å². The van der Waals surface area contributed by atoms with Crippen LogP contribution in [-0.2, 0) is 11.7 Å². The fourth-order valence-corrected chi connectivity index (χ4v) is 1.05. The lowest BCUT2D eigenvalue weighted by Gasteiger charge is -2.23. The number of halogens is 3. The van der Waals surface area contributed by atoms with Gasteiger partial charge in [-0.3, -0.25) is 0 Å². The Morgan fingerprint density at radius 2 is 1.77 bits per heavy atom. The van der Waals surface area contributed by atoms with Crippen molar-refractivity contribution in [3.05, 3.63) is 18.2 Å². The van der Waals surface area contributed by atoms with Crippen molar-refractivity contribution in [2.45, 2.75) is 32.5 Å². The van der Waals surface area contributed by atoms with Gasteiger partial charge in [0.05, 0.1) is 0 Å². The number of imidazole rings is 1. The molecular weight excluding hydrogens is 181 g/mol. The first-order valence-electron chi connectivity index (χ1n) is 3.84. The van der Waals surface area contributed by atoms with Gasteiger partial charge in [-0.05, 0) is 20.8 Å². The monoisotopic (exact) mass is 192 g/mol. The highest BCUT2D eigenvalue weighted by Crippen LogP contribution is 2.30. The highest BCUT2D eigenvalue weighted by atomic mass is 19.4. The van der Waals surface area contributed by atoms with Crippen LogP contribution in [0, 0.1) is 0 Å². The molecule has 0 amide bonds. The first-order chi connectivity index (χ1) is 5.73. The highest BCUT2D eigenvalue weighted by molar-refractivity contribution is 5.01. The van der Waals surface area contributed by atoms with Crippen LogP contribution in [0.1, 0.15) is 26.6 Å². The fourth-order valence-electron chi connectivity index (χ4n) is 1.05. The summed E-state index contributed by atoms with van der Waals surface area (Å²) in [6.07, 6.45) is -1.88. The maximum Gasteiger partial charge on any atom is 0.449 e. The SMILES string of the molecule is CC(C)(C)n1ccnc1C(F)(F)F. The van der Waals surface area contributed by atoms with E-state index in [9.17, 15) is 13.2 Å². The Balaban J connectivity index is 3.19. The molecule has 0 unspecified atom stereocenters. The molecule has 13 heavy (non-hydrogen) atoms. The van der Waals surface area contributed by atoms with Crippen LogP contribution in [0.15, 0.2) is 12.4 Å². The van der Waals surface area contributed by atoms with Crippen molar-refractivity contribution >= 4 is 0 Å². The fraction of sp³-hybridized carbons (Fsp3) is 0.625. The third-order valence-electron chi connectivity index (χ3n) is 1.62. The topological polar surface area (TPSA) is 17.8 Å².